The van der Waals surface area contributed by atoms with Crippen LogP contribution >= 0.6 is 23.2 Å². The van der Waals surface area contributed by atoms with Gasteiger partial charge in [-0.25, -0.2) is 0 Å². The van der Waals surface area contributed by atoms with Crippen LogP contribution < -0.4 is 9.47 Å². The van der Waals surface area contributed by atoms with E-state index < -0.39 is 11.8 Å². The Labute approximate surface area is 246 Å². The molecule has 5 aromatic rings. The number of carboxylic acid groups (broad SMARTS) is 1. The molecule has 0 saturated carbocycles. The van der Waals surface area contributed by atoms with Gasteiger partial charge in [0, 0.05) is 56.3 Å². The van der Waals surface area contributed by atoms with Crippen LogP contribution in [-0.4, -0.2) is 21.4 Å². The fraction of sp³-hybridized carbons (Fsp3) is 0.152. The van der Waals surface area contributed by atoms with Crippen LogP contribution in [0.3, 0.4) is 0 Å². The summed E-state index contributed by atoms with van der Waals surface area (Å²) in [5.74, 6) is -1.36. The molecule has 0 radical (unpaired) electrons. The maximum Gasteiger partial charge on any atom is 0.305 e. The Balaban J connectivity index is 1.39. The molecule has 0 fully saturated rings. The highest BCUT2D eigenvalue weighted by molar-refractivity contribution is 6.30. The normalized spacial score (nSPS) is 13.4. The number of nitrogens with zero attached hydrogens (tertiary/aromatic N) is 1. The molecule has 6 nitrogen and oxygen atoms in total. The summed E-state index contributed by atoms with van der Waals surface area (Å²) in [6.45, 7) is 2.39. The Morgan fingerprint density at radius 3 is 2.07 bits per heavy atom. The van der Waals surface area contributed by atoms with Gasteiger partial charge in [-0.3, -0.25) is 9.59 Å². The average Bonchev–Trinajstić information content (AvgIpc) is 3.49. The number of hydrogen-bond donors (Lipinski definition) is 1. The molecule has 1 aliphatic rings. The second-order valence-electron chi connectivity index (χ2n) is 9.95. The third kappa shape index (κ3) is 4.83. The van der Waals surface area contributed by atoms with Gasteiger partial charge in [-0.15, -0.1) is 0 Å². The maximum atomic E-state index is 14.0. The number of carbonyl (C=O) groups is 2. The van der Waals surface area contributed by atoms with Gasteiger partial charge in [0.15, 0.2) is 17.3 Å². The van der Waals surface area contributed by atoms with Crippen LogP contribution in [0.1, 0.15) is 45.6 Å². The van der Waals surface area contributed by atoms with Crippen LogP contribution in [0, 0.1) is 6.92 Å². The lowest BCUT2D eigenvalue weighted by Gasteiger charge is -2.28. The van der Waals surface area contributed by atoms with Gasteiger partial charge in [0.2, 0.25) is 0 Å². The highest BCUT2D eigenvalue weighted by Crippen LogP contribution is 2.48. The van der Waals surface area contributed by atoms with E-state index in [-0.39, 0.29) is 12.2 Å². The zero-order chi connectivity index (χ0) is 28.7. The molecular formula is C33H25Cl2NO5. The predicted molar refractivity (Wildman–Crippen MR) is 158 cm³/mol. The number of aliphatic carboxylic acids is 1. The van der Waals surface area contributed by atoms with Gasteiger partial charge in [0.1, 0.15) is 0 Å². The second kappa shape index (κ2) is 10.6. The van der Waals surface area contributed by atoms with Crippen molar-refractivity contribution in [3.63, 3.8) is 0 Å². The maximum absolute atomic E-state index is 14.0. The molecule has 0 bridgehead atoms. The highest BCUT2D eigenvalue weighted by atomic mass is 35.5. The van der Waals surface area contributed by atoms with Gasteiger partial charge in [0.05, 0.1) is 5.56 Å². The molecule has 0 unspecified atom stereocenters. The number of hydrogen-bond acceptors (Lipinski definition) is 4. The molecular weight excluding hydrogens is 561 g/mol. The number of rotatable bonds is 8. The Bertz CT molecular complexity index is 1750. The number of fused-ring (bicyclic) bond motifs is 2. The molecule has 206 valence electrons. The molecule has 0 spiro atoms. The molecule has 41 heavy (non-hydrogen) atoms. The van der Waals surface area contributed by atoms with Crippen LogP contribution in [0.4, 0.5) is 0 Å². The summed E-state index contributed by atoms with van der Waals surface area (Å²) in [6, 6.07) is 27.3. The largest absolute Gasteiger partial charge is 0.481 e. The Kier molecular flexibility index (Phi) is 6.98. The zero-order valence-corrected chi connectivity index (χ0v) is 23.6. The summed E-state index contributed by atoms with van der Waals surface area (Å²) < 4.78 is 15.0. The number of aryl methyl sites for hydroxylation is 1. The van der Waals surface area contributed by atoms with E-state index in [4.69, 9.17) is 37.8 Å². The van der Waals surface area contributed by atoms with Gasteiger partial charge in [-0.05, 0) is 86.1 Å². The lowest BCUT2D eigenvalue weighted by molar-refractivity contribution is -0.137. The lowest BCUT2D eigenvalue weighted by atomic mass is 9.97. The Morgan fingerprint density at radius 2 is 1.44 bits per heavy atom. The zero-order valence-electron chi connectivity index (χ0n) is 22.1. The third-order valence-electron chi connectivity index (χ3n) is 7.39. The van der Waals surface area contributed by atoms with Crippen molar-refractivity contribution in [1.82, 2.24) is 4.57 Å². The third-order valence-corrected chi connectivity index (χ3v) is 7.90. The van der Waals surface area contributed by atoms with Gasteiger partial charge < -0.3 is 19.1 Å². The van der Waals surface area contributed by atoms with Crippen molar-refractivity contribution >= 4 is 45.9 Å². The van der Waals surface area contributed by atoms with Gasteiger partial charge >= 0.3 is 11.8 Å². The summed E-state index contributed by atoms with van der Waals surface area (Å²) in [4.78, 5) is 25.1. The van der Waals surface area contributed by atoms with E-state index in [2.05, 4.69) is 0 Å². The number of ether oxygens (including phenoxy) is 2. The van der Waals surface area contributed by atoms with Crippen molar-refractivity contribution in [3.05, 3.63) is 129 Å². The van der Waals surface area contributed by atoms with Crippen molar-refractivity contribution in [2.24, 2.45) is 0 Å². The number of ketones is 1. The number of para-hydroxylation sites is 1. The van der Waals surface area contributed by atoms with Crippen LogP contribution in [-0.2, 0) is 17.1 Å². The first-order valence-electron chi connectivity index (χ1n) is 13.2. The molecule has 0 aliphatic carbocycles. The molecule has 1 aromatic heterocycles. The van der Waals surface area contributed by atoms with E-state index in [1.54, 1.807) is 42.5 Å². The second-order valence-corrected chi connectivity index (χ2v) is 10.8. The smallest absolute Gasteiger partial charge is 0.305 e. The predicted octanol–water partition coefficient (Wildman–Crippen LogP) is 8.02. The molecule has 1 aliphatic heterocycles. The summed E-state index contributed by atoms with van der Waals surface area (Å²) in [5.41, 5.74) is 4.17. The molecule has 0 saturated heterocycles. The minimum atomic E-state index is -1.30. The minimum absolute atomic E-state index is 0.0559. The summed E-state index contributed by atoms with van der Waals surface area (Å²) in [6.07, 6.45) is 0.518. The molecule has 1 N–H and O–H groups in total. The number of aromatic nitrogens is 1. The van der Waals surface area contributed by atoms with Gasteiger partial charge in [-0.2, -0.15) is 0 Å². The van der Waals surface area contributed by atoms with E-state index in [0.29, 0.717) is 45.6 Å². The first-order chi connectivity index (χ1) is 19.8. The monoisotopic (exact) mass is 585 g/mol. The summed E-state index contributed by atoms with van der Waals surface area (Å²) >= 11 is 12.3. The summed E-state index contributed by atoms with van der Waals surface area (Å²) in [5, 5.41) is 11.1. The summed E-state index contributed by atoms with van der Waals surface area (Å²) in [7, 11) is 0. The molecule has 0 amide bonds. The fourth-order valence-corrected chi connectivity index (χ4v) is 5.68. The Morgan fingerprint density at radius 1 is 0.829 bits per heavy atom. The van der Waals surface area contributed by atoms with E-state index in [0.717, 1.165) is 27.7 Å². The quantitative estimate of drug-likeness (QED) is 0.186. The van der Waals surface area contributed by atoms with Crippen molar-refractivity contribution in [3.8, 4) is 11.5 Å². The fourth-order valence-electron chi connectivity index (χ4n) is 5.42. The van der Waals surface area contributed by atoms with Crippen LogP contribution in [0.15, 0.2) is 91.0 Å². The molecule has 0 atom stereocenters. The van der Waals surface area contributed by atoms with Crippen molar-refractivity contribution in [1.29, 1.82) is 0 Å². The van der Waals surface area contributed by atoms with E-state index in [1.807, 2.05) is 60.0 Å². The number of carboxylic acids is 1. The molecule has 6 rings (SSSR count). The van der Waals surface area contributed by atoms with Crippen molar-refractivity contribution in [2.45, 2.75) is 32.1 Å². The number of benzene rings is 4. The van der Waals surface area contributed by atoms with Gasteiger partial charge in [-0.1, -0.05) is 41.4 Å². The molecule has 4 aromatic carbocycles. The number of carbonyl (C=O) groups excluding carboxylic acids is 1. The first kappa shape index (κ1) is 26.9. The SMILES string of the molecule is Cc1c(C(=O)c2ccc3c(c2)OC(c2ccc(Cl)cc2)(c2ccc(Cl)cc2)O3)c2ccccc2n1CCCC(=O)O. The van der Waals surface area contributed by atoms with E-state index >= 15 is 0 Å². The van der Waals surface area contributed by atoms with Crippen molar-refractivity contribution in [2.75, 3.05) is 0 Å². The molecule has 2 heterocycles. The Hall–Kier alpha value is -4.26. The van der Waals surface area contributed by atoms with Crippen LogP contribution in [0.2, 0.25) is 10.0 Å². The van der Waals surface area contributed by atoms with E-state index in [1.165, 1.54) is 0 Å². The highest BCUT2D eigenvalue weighted by Gasteiger charge is 2.45. The van der Waals surface area contributed by atoms with Crippen LogP contribution in [0.25, 0.3) is 10.9 Å². The van der Waals surface area contributed by atoms with Gasteiger partial charge in [0.25, 0.3) is 0 Å². The standard InChI is InChI=1S/C33H25Cl2NO5/c1-20-31(26-5-2-3-6-27(26)36(20)18-4-7-30(37)38)32(39)21-8-17-28-29(19-21)41-33(40-28,22-9-13-24(34)14-10-22)23-11-15-25(35)16-12-23/h2-3,5-6,8-17,19H,4,7,18H2,1H3,(H,37,38). The topological polar surface area (TPSA) is 77.8 Å². The number of halogens is 2. The van der Waals surface area contributed by atoms with Crippen LogP contribution in [0.5, 0.6) is 11.5 Å². The van der Waals surface area contributed by atoms with Crippen molar-refractivity contribution < 1.29 is 24.2 Å². The molecule has 8 heteroatoms. The minimum Gasteiger partial charge on any atom is -0.481 e. The van der Waals surface area contributed by atoms with E-state index in [9.17, 15) is 9.59 Å². The lowest BCUT2D eigenvalue weighted by Crippen LogP contribution is -2.36. The average molecular weight is 586 g/mol. The first-order valence-corrected chi connectivity index (χ1v) is 13.9.